The lowest BCUT2D eigenvalue weighted by Gasteiger charge is -2.12. The van der Waals surface area contributed by atoms with Gasteiger partial charge in [0.1, 0.15) is 11.8 Å². The van der Waals surface area contributed by atoms with E-state index in [1.54, 1.807) is 0 Å². The first-order chi connectivity index (χ1) is 8.38. The Morgan fingerprint density at radius 2 is 2.18 bits per heavy atom. The summed E-state index contributed by atoms with van der Waals surface area (Å²) in [4.78, 5) is 0. The topological polar surface area (TPSA) is 45.0 Å². The first-order valence-corrected chi connectivity index (χ1v) is 6.22. The average molecular weight is 230 g/mol. The van der Waals surface area contributed by atoms with E-state index in [4.69, 9.17) is 10.00 Å². The van der Waals surface area contributed by atoms with Crippen LogP contribution in [0.5, 0.6) is 5.75 Å². The molecular formula is C14H18N2O. The Hall–Kier alpha value is -1.69. The third-order valence-electron chi connectivity index (χ3n) is 3.21. The Bertz CT molecular complexity index is 391. The monoisotopic (exact) mass is 230 g/mol. The zero-order chi connectivity index (χ0) is 11.9. The molecule has 0 aromatic heterocycles. The Balaban J connectivity index is 1.85. The van der Waals surface area contributed by atoms with Gasteiger partial charge < -0.3 is 10.1 Å². The van der Waals surface area contributed by atoms with Crippen molar-refractivity contribution in [1.82, 2.24) is 0 Å². The maximum Gasteiger partial charge on any atom is 0.174 e. The van der Waals surface area contributed by atoms with Crippen LogP contribution in [-0.2, 0) is 0 Å². The molecule has 17 heavy (non-hydrogen) atoms. The second-order valence-electron chi connectivity index (χ2n) is 4.51. The lowest BCUT2D eigenvalue weighted by Crippen LogP contribution is -2.10. The van der Waals surface area contributed by atoms with Gasteiger partial charge in [0.2, 0.25) is 0 Å². The number of nitrogens with one attached hydrogen (secondary N) is 1. The molecule has 1 aromatic rings. The summed E-state index contributed by atoms with van der Waals surface area (Å²) in [5, 5.41) is 11.9. The minimum absolute atomic E-state index is 0.103. The van der Waals surface area contributed by atoms with Gasteiger partial charge in [-0.2, -0.15) is 5.26 Å². The van der Waals surface area contributed by atoms with E-state index in [1.807, 2.05) is 30.3 Å². The normalized spacial score (nSPS) is 15.5. The number of anilines is 1. The van der Waals surface area contributed by atoms with Gasteiger partial charge in [-0.3, -0.25) is 0 Å². The van der Waals surface area contributed by atoms with Crippen molar-refractivity contribution < 1.29 is 4.74 Å². The molecule has 0 aliphatic heterocycles. The number of nitrogens with zero attached hydrogens (tertiary/aromatic N) is 1. The summed E-state index contributed by atoms with van der Waals surface area (Å²) in [7, 11) is 0. The molecule has 2 rings (SSSR count). The van der Waals surface area contributed by atoms with Crippen LogP contribution in [0, 0.1) is 17.2 Å². The quantitative estimate of drug-likeness (QED) is 0.844. The van der Waals surface area contributed by atoms with Crippen molar-refractivity contribution in [2.75, 3.05) is 18.5 Å². The van der Waals surface area contributed by atoms with Gasteiger partial charge in [-0.25, -0.2) is 0 Å². The van der Waals surface area contributed by atoms with E-state index in [0.29, 0.717) is 0 Å². The Labute approximate surface area is 102 Å². The van der Waals surface area contributed by atoms with Gasteiger partial charge in [-0.15, -0.1) is 0 Å². The molecule has 0 heterocycles. The summed E-state index contributed by atoms with van der Waals surface area (Å²) >= 11 is 0. The van der Waals surface area contributed by atoms with Crippen LogP contribution >= 0.6 is 0 Å². The van der Waals surface area contributed by atoms with Gasteiger partial charge in [0.05, 0.1) is 0 Å². The average Bonchev–Trinajstić information content (AvgIpc) is 2.87. The zero-order valence-electron chi connectivity index (χ0n) is 9.98. The number of hydrogen-bond acceptors (Lipinski definition) is 3. The predicted molar refractivity (Wildman–Crippen MR) is 68.0 cm³/mol. The van der Waals surface area contributed by atoms with Crippen molar-refractivity contribution in [1.29, 1.82) is 5.26 Å². The van der Waals surface area contributed by atoms with Crippen molar-refractivity contribution >= 4 is 5.69 Å². The summed E-state index contributed by atoms with van der Waals surface area (Å²) in [6, 6.07) is 9.78. The number of rotatable bonds is 5. The fourth-order valence-electron chi connectivity index (χ4n) is 2.29. The van der Waals surface area contributed by atoms with E-state index in [1.165, 1.54) is 25.7 Å². The van der Waals surface area contributed by atoms with Crippen LogP contribution in [0.4, 0.5) is 5.69 Å². The molecule has 0 radical (unpaired) electrons. The van der Waals surface area contributed by atoms with Gasteiger partial charge in [-0.1, -0.05) is 18.9 Å². The smallest absolute Gasteiger partial charge is 0.174 e. The van der Waals surface area contributed by atoms with Gasteiger partial charge in [0.15, 0.2) is 6.61 Å². The summed E-state index contributed by atoms with van der Waals surface area (Å²) in [6.07, 6.45) is 5.44. The third kappa shape index (κ3) is 3.67. The van der Waals surface area contributed by atoms with Crippen LogP contribution in [-0.4, -0.2) is 13.2 Å². The highest BCUT2D eigenvalue weighted by molar-refractivity contribution is 5.48. The molecule has 0 unspecified atom stereocenters. The van der Waals surface area contributed by atoms with Crippen LogP contribution < -0.4 is 10.1 Å². The van der Waals surface area contributed by atoms with Crippen LogP contribution in [0.15, 0.2) is 24.3 Å². The maximum absolute atomic E-state index is 8.45. The van der Waals surface area contributed by atoms with Crippen LogP contribution in [0.25, 0.3) is 0 Å². The molecule has 1 aromatic carbocycles. The Kier molecular flexibility index (Phi) is 4.26. The molecule has 0 atom stereocenters. The second kappa shape index (κ2) is 6.15. The first-order valence-electron chi connectivity index (χ1n) is 6.22. The van der Waals surface area contributed by atoms with Gasteiger partial charge >= 0.3 is 0 Å². The summed E-state index contributed by atoms with van der Waals surface area (Å²) in [5.74, 6) is 1.57. The number of hydrogen-bond donors (Lipinski definition) is 1. The highest BCUT2D eigenvalue weighted by Gasteiger charge is 2.14. The van der Waals surface area contributed by atoms with Crippen molar-refractivity contribution in [3.63, 3.8) is 0 Å². The lowest BCUT2D eigenvalue weighted by molar-refractivity contribution is 0.368. The number of benzene rings is 1. The largest absolute Gasteiger partial charge is 0.479 e. The van der Waals surface area contributed by atoms with E-state index in [2.05, 4.69) is 5.32 Å². The summed E-state index contributed by atoms with van der Waals surface area (Å²) < 4.78 is 5.27. The SMILES string of the molecule is N#CCOc1cccc(NCC2CCCC2)c1. The van der Waals surface area contributed by atoms with Crippen LogP contribution in [0.1, 0.15) is 25.7 Å². The summed E-state index contributed by atoms with van der Waals surface area (Å²) in [5.41, 5.74) is 1.08. The molecule has 3 nitrogen and oxygen atoms in total. The Morgan fingerprint density at radius 1 is 1.35 bits per heavy atom. The fourth-order valence-corrected chi connectivity index (χ4v) is 2.29. The fraction of sp³-hybridized carbons (Fsp3) is 0.500. The highest BCUT2D eigenvalue weighted by Crippen LogP contribution is 2.25. The molecule has 0 bridgehead atoms. The number of nitriles is 1. The highest BCUT2D eigenvalue weighted by atomic mass is 16.5. The van der Waals surface area contributed by atoms with E-state index in [0.717, 1.165) is 23.9 Å². The first kappa shape index (κ1) is 11.8. The van der Waals surface area contributed by atoms with E-state index in [-0.39, 0.29) is 6.61 Å². The molecule has 3 heteroatoms. The van der Waals surface area contributed by atoms with Gasteiger partial charge in [0.25, 0.3) is 0 Å². The second-order valence-corrected chi connectivity index (χ2v) is 4.51. The lowest BCUT2D eigenvalue weighted by atomic mass is 10.1. The van der Waals surface area contributed by atoms with Crippen molar-refractivity contribution in [2.24, 2.45) is 5.92 Å². The molecule has 0 saturated heterocycles. The van der Waals surface area contributed by atoms with Crippen molar-refractivity contribution in [3.8, 4) is 11.8 Å². The molecule has 90 valence electrons. The molecular weight excluding hydrogens is 212 g/mol. The standard InChI is InChI=1S/C14H18N2O/c15-8-9-17-14-7-3-6-13(10-14)16-11-12-4-1-2-5-12/h3,6-7,10,12,16H,1-2,4-5,9,11H2. The molecule has 1 fully saturated rings. The molecule has 0 spiro atoms. The zero-order valence-corrected chi connectivity index (χ0v) is 9.98. The van der Waals surface area contributed by atoms with Gasteiger partial charge in [0, 0.05) is 18.3 Å². The number of ether oxygens (including phenoxy) is 1. The minimum Gasteiger partial charge on any atom is -0.479 e. The van der Waals surface area contributed by atoms with Crippen molar-refractivity contribution in [3.05, 3.63) is 24.3 Å². The molecule has 1 N–H and O–H groups in total. The predicted octanol–water partition coefficient (Wildman–Crippen LogP) is 3.19. The van der Waals surface area contributed by atoms with Crippen LogP contribution in [0.2, 0.25) is 0 Å². The minimum atomic E-state index is 0.103. The Morgan fingerprint density at radius 3 is 2.94 bits per heavy atom. The molecule has 1 saturated carbocycles. The molecule has 1 aliphatic rings. The van der Waals surface area contributed by atoms with Gasteiger partial charge in [-0.05, 0) is 30.9 Å². The third-order valence-corrected chi connectivity index (χ3v) is 3.21. The summed E-state index contributed by atoms with van der Waals surface area (Å²) in [6.45, 7) is 1.15. The maximum atomic E-state index is 8.45. The molecule has 0 amide bonds. The van der Waals surface area contributed by atoms with E-state index < -0.39 is 0 Å². The van der Waals surface area contributed by atoms with Crippen LogP contribution in [0.3, 0.4) is 0 Å². The molecule has 1 aliphatic carbocycles. The van der Waals surface area contributed by atoms with Crippen molar-refractivity contribution in [2.45, 2.75) is 25.7 Å². The van der Waals surface area contributed by atoms with E-state index in [9.17, 15) is 0 Å². The van der Waals surface area contributed by atoms with E-state index >= 15 is 0 Å².